The van der Waals surface area contributed by atoms with Crippen LogP contribution in [0, 0.1) is 11.8 Å². The van der Waals surface area contributed by atoms with Gasteiger partial charge in [-0.2, -0.15) is 0 Å². The zero-order valence-corrected chi connectivity index (χ0v) is 14.4. The van der Waals surface area contributed by atoms with Crippen LogP contribution < -0.4 is 5.32 Å². The molecule has 6 nitrogen and oxygen atoms in total. The largest absolute Gasteiger partial charge is 0.465 e. The molecule has 1 aromatic carbocycles. The Morgan fingerprint density at radius 3 is 2.54 bits per heavy atom. The SMILES string of the molecule is COC(=O)c1ccc(NC(=O)C2CC(=O)N(CCC(C)C)C2)cc1. The summed E-state index contributed by atoms with van der Waals surface area (Å²) in [4.78, 5) is 37.5. The third kappa shape index (κ3) is 4.57. The summed E-state index contributed by atoms with van der Waals surface area (Å²) in [6, 6.07) is 6.49. The number of ether oxygens (including phenoxy) is 1. The molecule has 0 bridgehead atoms. The van der Waals surface area contributed by atoms with Gasteiger partial charge in [0.15, 0.2) is 0 Å². The number of nitrogens with zero attached hydrogens (tertiary/aromatic N) is 1. The Morgan fingerprint density at radius 1 is 1.29 bits per heavy atom. The van der Waals surface area contributed by atoms with E-state index in [1.165, 1.54) is 7.11 Å². The maximum Gasteiger partial charge on any atom is 0.337 e. The van der Waals surface area contributed by atoms with Crippen LogP contribution in [-0.2, 0) is 14.3 Å². The highest BCUT2D eigenvalue weighted by molar-refractivity contribution is 5.97. The maximum absolute atomic E-state index is 12.3. The van der Waals surface area contributed by atoms with Gasteiger partial charge < -0.3 is 15.0 Å². The van der Waals surface area contributed by atoms with Crippen LogP contribution in [0.1, 0.15) is 37.0 Å². The number of nitrogens with one attached hydrogen (secondary N) is 1. The van der Waals surface area contributed by atoms with Gasteiger partial charge in [-0.25, -0.2) is 4.79 Å². The van der Waals surface area contributed by atoms with Gasteiger partial charge in [0.05, 0.1) is 18.6 Å². The van der Waals surface area contributed by atoms with Crippen LogP contribution in [0.3, 0.4) is 0 Å². The highest BCUT2D eigenvalue weighted by atomic mass is 16.5. The molecule has 2 rings (SSSR count). The molecule has 1 N–H and O–H groups in total. The predicted molar refractivity (Wildman–Crippen MR) is 90.6 cm³/mol. The highest BCUT2D eigenvalue weighted by Crippen LogP contribution is 2.21. The van der Waals surface area contributed by atoms with Gasteiger partial charge in [0.1, 0.15) is 0 Å². The fourth-order valence-electron chi connectivity index (χ4n) is 2.63. The number of amides is 2. The van der Waals surface area contributed by atoms with E-state index in [4.69, 9.17) is 0 Å². The summed E-state index contributed by atoms with van der Waals surface area (Å²) in [7, 11) is 1.32. The van der Waals surface area contributed by atoms with E-state index in [1.807, 2.05) is 0 Å². The first kappa shape index (κ1) is 18.0. The molecule has 1 fully saturated rings. The van der Waals surface area contributed by atoms with Crippen LogP contribution in [0.4, 0.5) is 5.69 Å². The average Bonchev–Trinajstić information content (AvgIpc) is 2.94. The first-order valence-electron chi connectivity index (χ1n) is 8.17. The standard InChI is InChI=1S/C18H24N2O4/c1-12(2)8-9-20-11-14(10-16(20)21)17(22)19-15-6-4-13(5-7-15)18(23)24-3/h4-7,12,14H,8-11H2,1-3H3,(H,19,22). The second-order valence-corrected chi connectivity index (χ2v) is 6.48. The van der Waals surface area contributed by atoms with Crippen LogP contribution >= 0.6 is 0 Å². The number of esters is 1. The molecule has 1 aliphatic rings. The molecule has 1 aliphatic heterocycles. The Bertz CT molecular complexity index is 610. The fraction of sp³-hybridized carbons (Fsp3) is 0.500. The van der Waals surface area contributed by atoms with Crippen LogP contribution in [0.15, 0.2) is 24.3 Å². The molecule has 0 saturated carbocycles. The predicted octanol–water partition coefficient (Wildman–Crippen LogP) is 2.31. The normalized spacial score (nSPS) is 17.2. The van der Waals surface area contributed by atoms with E-state index in [9.17, 15) is 14.4 Å². The number of methoxy groups -OCH3 is 1. The highest BCUT2D eigenvalue weighted by Gasteiger charge is 2.34. The Balaban J connectivity index is 1.91. The Kier molecular flexibility index (Phi) is 5.95. The first-order chi connectivity index (χ1) is 11.4. The number of hydrogen-bond acceptors (Lipinski definition) is 4. The Labute approximate surface area is 142 Å². The molecule has 0 radical (unpaired) electrons. The summed E-state index contributed by atoms with van der Waals surface area (Å²) >= 11 is 0. The molecule has 1 aromatic rings. The van der Waals surface area contributed by atoms with Crippen molar-refractivity contribution in [3.8, 4) is 0 Å². The van der Waals surface area contributed by atoms with Crippen molar-refractivity contribution in [2.24, 2.45) is 11.8 Å². The molecule has 0 aromatic heterocycles. The summed E-state index contributed by atoms with van der Waals surface area (Å²) in [5, 5.41) is 2.80. The molecular weight excluding hydrogens is 308 g/mol. The zero-order valence-electron chi connectivity index (χ0n) is 14.4. The lowest BCUT2D eigenvalue weighted by molar-refractivity contribution is -0.128. The summed E-state index contributed by atoms with van der Waals surface area (Å²) < 4.78 is 4.63. The molecule has 1 atom stereocenters. The van der Waals surface area contributed by atoms with Crippen LogP contribution in [0.2, 0.25) is 0 Å². The number of carbonyl (C=O) groups excluding carboxylic acids is 3. The minimum atomic E-state index is -0.421. The monoisotopic (exact) mass is 332 g/mol. The third-order valence-corrected chi connectivity index (χ3v) is 4.14. The number of anilines is 1. The van der Waals surface area contributed by atoms with Crippen molar-refractivity contribution in [1.29, 1.82) is 0 Å². The van der Waals surface area contributed by atoms with Gasteiger partial charge in [-0.05, 0) is 36.6 Å². The average molecular weight is 332 g/mol. The van der Waals surface area contributed by atoms with Crippen molar-refractivity contribution in [3.05, 3.63) is 29.8 Å². The van der Waals surface area contributed by atoms with E-state index in [1.54, 1.807) is 29.2 Å². The molecule has 1 heterocycles. The lowest BCUT2D eigenvalue weighted by Crippen LogP contribution is -2.29. The first-order valence-corrected chi connectivity index (χ1v) is 8.17. The molecule has 24 heavy (non-hydrogen) atoms. The van der Waals surface area contributed by atoms with Crippen molar-refractivity contribution in [2.75, 3.05) is 25.5 Å². The quantitative estimate of drug-likeness (QED) is 0.811. The van der Waals surface area contributed by atoms with Crippen LogP contribution in [-0.4, -0.2) is 42.9 Å². The summed E-state index contributed by atoms with van der Waals surface area (Å²) in [6.45, 7) is 5.40. The number of likely N-dealkylation sites (tertiary alicyclic amines) is 1. The third-order valence-electron chi connectivity index (χ3n) is 4.14. The van der Waals surface area contributed by atoms with Crippen molar-refractivity contribution < 1.29 is 19.1 Å². The summed E-state index contributed by atoms with van der Waals surface area (Å²) in [5.41, 5.74) is 1.02. The maximum atomic E-state index is 12.3. The van der Waals surface area contributed by atoms with E-state index in [2.05, 4.69) is 23.9 Å². The summed E-state index contributed by atoms with van der Waals surface area (Å²) in [5.74, 6) is -0.350. The molecule has 0 spiro atoms. The second kappa shape index (κ2) is 7.95. The lowest BCUT2D eigenvalue weighted by atomic mass is 10.1. The topological polar surface area (TPSA) is 75.7 Å². The van der Waals surface area contributed by atoms with Gasteiger partial charge in [0, 0.05) is 25.2 Å². The van der Waals surface area contributed by atoms with Crippen molar-refractivity contribution in [1.82, 2.24) is 4.90 Å². The lowest BCUT2D eigenvalue weighted by Gasteiger charge is -2.17. The number of rotatable bonds is 6. The van der Waals surface area contributed by atoms with Crippen LogP contribution in [0.25, 0.3) is 0 Å². The molecule has 2 amide bonds. The fourth-order valence-corrected chi connectivity index (χ4v) is 2.63. The van der Waals surface area contributed by atoms with Crippen molar-refractivity contribution >= 4 is 23.5 Å². The van der Waals surface area contributed by atoms with E-state index >= 15 is 0 Å². The molecule has 1 unspecified atom stereocenters. The van der Waals surface area contributed by atoms with Gasteiger partial charge in [0.25, 0.3) is 0 Å². The molecule has 130 valence electrons. The molecule has 6 heteroatoms. The van der Waals surface area contributed by atoms with E-state index in [0.29, 0.717) is 30.3 Å². The van der Waals surface area contributed by atoms with Gasteiger partial charge in [-0.3, -0.25) is 9.59 Å². The van der Waals surface area contributed by atoms with Gasteiger partial charge in [-0.1, -0.05) is 13.8 Å². The Morgan fingerprint density at radius 2 is 1.96 bits per heavy atom. The molecule has 0 aliphatic carbocycles. The number of carbonyl (C=O) groups is 3. The van der Waals surface area contributed by atoms with Gasteiger partial charge in [0.2, 0.25) is 11.8 Å². The number of benzene rings is 1. The van der Waals surface area contributed by atoms with Crippen molar-refractivity contribution in [3.63, 3.8) is 0 Å². The van der Waals surface area contributed by atoms with Crippen molar-refractivity contribution in [2.45, 2.75) is 26.7 Å². The Hall–Kier alpha value is -2.37. The minimum Gasteiger partial charge on any atom is -0.465 e. The second-order valence-electron chi connectivity index (χ2n) is 6.48. The smallest absolute Gasteiger partial charge is 0.337 e. The van der Waals surface area contributed by atoms with Crippen LogP contribution in [0.5, 0.6) is 0 Å². The van der Waals surface area contributed by atoms with E-state index in [-0.39, 0.29) is 24.2 Å². The summed E-state index contributed by atoms with van der Waals surface area (Å²) in [6.07, 6.45) is 1.19. The number of hydrogen-bond donors (Lipinski definition) is 1. The zero-order chi connectivity index (χ0) is 17.7. The minimum absolute atomic E-state index is 0.0387. The van der Waals surface area contributed by atoms with E-state index < -0.39 is 5.97 Å². The molecular formula is C18H24N2O4. The van der Waals surface area contributed by atoms with Gasteiger partial charge in [-0.15, -0.1) is 0 Å². The molecule has 1 saturated heterocycles. The van der Waals surface area contributed by atoms with E-state index in [0.717, 1.165) is 6.42 Å². The van der Waals surface area contributed by atoms with Gasteiger partial charge >= 0.3 is 5.97 Å².